The first-order valence-corrected chi connectivity index (χ1v) is 14.4. The van der Waals surface area contributed by atoms with Crippen molar-refractivity contribution in [2.24, 2.45) is 11.8 Å². The molecule has 1 aliphatic carbocycles. The van der Waals surface area contributed by atoms with Gasteiger partial charge in [0.2, 0.25) is 5.91 Å². The average Bonchev–Trinajstić information content (AvgIpc) is 3.73. The zero-order valence-electron chi connectivity index (χ0n) is 24.4. The summed E-state index contributed by atoms with van der Waals surface area (Å²) >= 11 is 0. The van der Waals surface area contributed by atoms with E-state index in [0.717, 1.165) is 25.8 Å². The van der Waals surface area contributed by atoms with Crippen LogP contribution in [0.1, 0.15) is 73.1 Å². The van der Waals surface area contributed by atoms with E-state index in [2.05, 4.69) is 49.4 Å². The van der Waals surface area contributed by atoms with Crippen LogP contribution in [-0.4, -0.2) is 92.4 Å². The quantitative estimate of drug-likeness (QED) is 0.309. The fourth-order valence-electron chi connectivity index (χ4n) is 6.72. The Morgan fingerprint density at radius 2 is 1.97 bits per heavy atom. The highest BCUT2D eigenvalue weighted by Gasteiger charge is 2.72. The molecule has 2 N–H and O–H groups in total. The van der Waals surface area contributed by atoms with E-state index >= 15 is 0 Å². The molecule has 2 amide bonds. The lowest BCUT2D eigenvalue weighted by atomic mass is 9.68. The number of alkyl carbamates (subject to hydrolysis) is 1. The summed E-state index contributed by atoms with van der Waals surface area (Å²) in [5, 5.41) is 5.85. The van der Waals surface area contributed by atoms with Crippen molar-refractivity contribution in [1.29, 1.82) is 0 Å². The molecule has 3 aliphatic heterocycles. The molecule has 9 heteroatoms. The van der Waals surface area contributed by atoms with Crippen molar-refractivity contribution in [2.45, 2.75) is 115 Å². The minimum atomic E-state index is -0.667. The van der Waals surface area contributed by atoms with Crippen molar-refractivity contribution in [1.82, 2.24) is 15.5 Å². The number of carbonyl (C=O) groups is 2. The van der Waals surface area contributed by atoms with E-state index in [9.17, 15) is 9.59 Å². The van der Waals surface area contributed by atoms with Crippen LogP contribution in [0.25, 0.3) is 0 Å². The van der Waals surface area contributed by atoms with Gasteiger partial charge < -0.3 is 34.5 Å². The Hall–Kier alpha value is -1.68. The van der Waals surface area contributed by atoms with Gasteiger partial charge in [0.25, 0.3) is 0 Å². The minimum absolute atomic E-state index is 0.0416. The maximum absolute atomic E-state index is 13.1. The smallest absolute Gasteiger partial charge is 0.408 e. The summed E-state index contributed by atoms with van der Waals surface area (Å²) in [7, 11) is 3.80. The lowest BCUT2D eigenvalue weighted by molar-refractivity contribution is -0.125. The third-order valence-corrected chi connectivity index (χ3v) is 9.17. The summed E-state index contributed by atoms with van der Waals surface area (Å²) in [4.78, 5) is 28.4. The van der Waals surface area contributed by atoms with Gasteiger partial charge in [-0.1, -0.05) is 25.5 Å². The molecule has 4 rings (SSSR count). The van der Waals surface area contributed by atoms with Crippen LogP contribution in [-0.2, 0) is 23.7 Å². The van der Waals surface area contributed by atoms with E-state index < -0.39 is 23.8 Å². The first-order chi connectivity index (χ1) is 18.0. The van der Waals surface area contributed by atoms with Crippen molar-refractivity contribution in [3.8, 4) is 0 Å². The van der Waals surface area contributed by atoms with Crippen LogP contribution in [0, 0.1) is 11.8 Å². The second kappa shape index (κ2) is 11.8. The van der Waals surface area contributed by atoms with Crippen molar-refractivity contribution < 1.29 is 28.5 Å². The number of ether oxygens (including phenoxy) is 4. The van der Waals surface area contributed by atoms with E-state index in [1.54, 1.807) is 7.11 Å². The molecule has 0 aromatic rings. The summed E-state index contributed by atoms with van der Waals surface area (Å²) in [5.74, 6) is -0.291. The third kappa shape index (κ3) is 6.37. The van der Waals surface area contributed by atoms with Crippen LogP contribution in [0.4, 0.5) is 4.79 Å². The minimum Gasteiger partial charge on any atom is -0.443 e. The highest BCUT2D eigenvalue weighted by molar-refractivity contribution is 5.85. The third-order valence-electron chi connectivity index (χ3n) is 9.17. The average molecular weight is 536 g/mol. The molecule has 0 bridgehead atoms. The molecule has 4 fully saturated rings. The molecule has 3 heterocycles. The molecule has 1 spiro atoms. The van der Waals surface area contributed by atoms with Crippen molar-refractivity contribution in [2.75, 3.05) is 33.9 Å². The Labute approximate surface area is 228 Å². The predicted octanol–water partition coefficient (Wildman–Crippen LogP) is 3.41. The number of nitrogens with zero attached hydrogens (tertiary/aromatic N) is 1. The Bertz CT molecular complexity index is 886. The molecule has 0 radical (unpaired) electrons. The summed E-state index contributed by atoms with van der Waals surface area (Å²) in [6, 6.07) is -0.159. The molecule has 38 heavy (non-hydrogen) atoms. The van der Waals surface area contributed by atoms with E-state index in [-0.39, 0.29) is 35.6 Å². The van der Waals surface area contributed by atoms with Crippen molar-refractivity contribution in [3.05, 3.63) is 11.6 Å². The monoisotopic (exact) mass is 535 g/mol. The first kappa shape index (κ1) is 29.3. The largest absolute Gasteiger partial charge is 0.443 e. The molecular formula is C29H49N3O6. The van der Waals surface area contributed by atoms with Gasteiger partial charge in [0, 0.05) is 19.7 Å². The van der Waals surface area contributed by atoms with E-state index in [1.807, 2.05) is 13.8 Å². The van der Waals surface area contributed by atoms with Crippen LogP contribution in [0.3, 0.4) is 0 Å². The molecule has 8 atom stereocenters. The van der Waals surface area contributed by atoms with Crippen LogP contribution in [0.15, 0.2) is 11.6 Å². The van der Waals surface area contributed by atoms with E-state index in [1.165, 1.54) is 18.4 Å². The standard InChI is InChI=1S/C29H49N3O6/c1-18(2)10-11-22-28(5,38-22)25-24(35-7)21(12-14-29(25)17-36-29)37-27(34)31-23(19(3)4)26(33)30-15-13-20-9-8-16-32(20)6/h10,19-25H,8-9,11-17H2,1-7H3,(H,30,33)(H,31,34)/t20?,21-,22-,23-,24-,25?,28?,29+/m1/s1. The number of allylic oxidation sites excluding steroid dienone is 1. The van der Waals surface area contributed by atoms with Crippen LogP contribution >= 0.6 is 0 Å². The number of carbonyl (C=O) groups excluding carboxylic acids is 2. The number of hydrogen-bond donors (Lipinski definition) is 2. The molecule has 4 aliphatic rings. The molecule has 0 aromatic carbocycles. The van der Waals surface area contributed by atoms with Gasteiger partial charge in [-0.3, -0.25) is 4.79 Å². The highest BCUT2D eigenvalue weighted by Crippen LogP contribution is 2.59. The molecule has 216 valence electrons. The van der Waals surface area contributed by atoms with Gasteiger partial charge >= 0.3 is 6.09 Å². The summed E-state index contributed by atoms with van der Waals surface area (Å²) in [6.07, 6.45) is 6.46. The van der Waals surface area contributed by atoms with Gasteiger partial charge in [-0.15, -0.1) is 0 Å². The van der Waals surface area contributed by atoms with Crippen LogP contribution in [0.2, 0.25) is 0 Å². The summed E-state index contributed by atoms with van der Waals surface area (Å²) < 4.78 is 24.2. The maximum Gasteiger partial charge on any atom is 0.408 e. The lowest BCUT2D eigenvalue weighted by Crippen LogP contribution is -2.57. The fraction of sp³-hybridized carbons (Fsp3) is 0.862. The number of amides is 2. The van der Waals surface area contributed by atoms with E-state index in [4.69, 9.17) is 18.9 Å². The van der Waals surface area contributed by atoms with E-state index in [0.29, 0.717) is 25.6 Å². The summed E-state index contributed by atoms with van der Waals surface area (Å²) in [6.45, 7) is 12.5. The van der Waals surface area contributed by atoms with Gasteiger partial charge in [0.1, 0.15) is 29.5 Å². The van der Waals surface area contributed by atoms with Gasteiger partial charge in [-0.2, -0.15) is 0 Å². The Kier molecular flexibility index (Phi) is 9.12. The normalized spacial score (nSPS) is 37.1. The molecule has 3 unspecified atom stereocenters. The van der Waals surface area contributed by atoms with Crippen molar-refractivity contribution >= 4 is 12.0 Å². The number of nitrogens with one attached hydrogen (secondary N) is 2. The Morgan fingerprint density at radius 1 is 1.24 bits per heavy atom. The Morgan fingerprint density at radius 3 is 2.55 bits per heavy atom. The fourth-order valence-corrected chi connectivity index (χ4v) is 6.72. The van der Waals surface area contributed by atoms with Crippen molar-refractivity contribution in [3.63, 3.8) is 0 Å². The topological polar surface area (TPSA) is 105 Å². The molecule has 9 nitrogen and oxygen atoms in total. The van der Waals surface area contributed by atoms with Crippen LogP contribution < -0.4 is 10.6 Å². The SMILES string of the molecule is CO[C@H]1C(C2(C)O[C@@H]2CC=C(C)C)[C@]2(CC[C@H]1OC(=O)N[C@@H](C(=O)NCCC1CCCN1C)C(C)C)CO2. The second-order valence-corrected chi connectivity index (χ2v) is 12.5. The zero-order valence-corrected chi connectivity index (χ0v) is 24.4. The maximum atomic E-state index is 13.1. The number of hydrogen-bond acceptors (Lipinski definition) is 7. The predicted molar refractivity (Wildman–Crippen MR) is 145 cm³/mol. The summed E-state index contributed by atoms with van der Waals surface area (Å²) in [5.41, 5.74) is 0.592. The number of methoxy groups -OCH3 is 1. The molecule has 1 saturated carbocycles. The molecule has 0 aromatic heterocycles. The molecular weight excluding hydrogens is 486 g/mol. The van der Waals surface area contributed by atoms with Gasteiger partial charge in [-0.05, 0) is 78.8 Å². The zero-order chi connectivity index (χ0) is 27.7. The number of epoxide rings is 2. The highest BCUT2D eigenvalue weighted by atomic mass is 16.6. The molecule has 3 saturated heterocycles. The number of rotatable bonds is 11. The van der Waals surface area contributed by atoms with Gasteiger partial charge in [-0.25, -0.2) is 4.79 Å². The van der Waals surface area contributed by atoms with Gasteiger partial charge in [0.05, 0.1) is 18.6 Å². The Balaban J connectivity index is 1.34. The lowest BCUT2D eigenvalue weighted by Gasteiger charge is -2.42. The first-order valence-electron chi connectivity index (χ1n) is 14.4. The van der Waals surface area contributed by atoms with Crippen LogP contribution in [0.5, 0.6) is 0 Å². The number of likely N-dealkylation sites (tertiary alicyclic amines) is 1. The van der Waals surface area contributed by atoms with Gasteiger partial charge in [0.15, 0.2) is 0 Å². The second-order valence-electron chi connectivity index (χ2n) is 12.5.